The van der Waals surface area contributed by atoms with Crippen LogP contribution in [-0.4, -0.2) is 21.2 Å². The first-order valence-electron chi connectivity index (χ1n) is 6.29. The zero-order chi connectivity index (χ0) is 18.1. The van der Waals surface area contributed by atoms with Crippen LogP contribution in [0.2, 0.25) is 0 Å². The van der Waals surface area contributed by atoms with Crippen LogP contribution in [0.1, 0.15) is 21.6 Å². The normalized spacial score (nSPS) is 11.2. The Morgan fingerprint density at radius 3 is 2.46 bits per heavy atom. The summed E-state index contributed by atoms with van der Waals surface area (Å²) >= 11 is 4.79. The van der Waals surface area contributed by atoms with Crippen LogP contribution in [0.4, 0.5) is 27.8 Å². The minimum absolute atomic E-state index is 0.215. The van der Waals surface area contributed by atoms with Crippen molar-refractivity contribution in [3.8, 4) is 0 Å². The fourth-order valence-electron chi connectivity index (χ4n) is 1.75. The van der Waals surface area contributed by atoms with Gasteiger partial charge in [0.05, 0.1) is 0 Å². The molecule has 1 amide bonds. The van der Waals surface area contributed by atoms with Crippen LogP contribution < -0.4 is 10.6 Å². The molecule has 0 atom stereocenters. The molecule has 1 aromatic heterocycles. The Morgan fingerprint density at radius 2 is 1.92 bits per heavy atom. The number of H-pyrrole nitrogens is 1. The van der Waals surface area contributed by atoms with Gasteiger partial charge in [0.25, 0.3) is 5.91 Å². The maximum absolute atomic E-state index is 13.1. The molecule has 0 fully saturated rings. The van der Waals surface area contributed by atoms with Crippen molar-refractivity contribution in [1.82, 2.24) is 15.5 Å². The van der Waals surface area contributed by atoms with Gasteiger partial charge in [-0.3, -0.25) is 15.2 Å². The number of anilines is 1. The summed E-state index contributed by atoms with van der Waals surface area (Å²) in [5.74, 6) is -3.44. The maximum atomic E-state index is 13.1. The number of alkyl halides is 3. The third kappa shape index (κ3) is 3.85. The van der Waals surface area contributed by atoms with Crippen molar-refractivity contribution in [2.45, 2.75) is 13.1 Å². The Labute approximate surface area is 137 Å². The Morgan fingerprint density at radius 1 is 1.25 bits per heavy atom. The van der Waals surface area contributed by atoms with Crippen molar-refractivity contribution in [3.63, 3.8) is 0 Å². The predicted octanol–water partition coefficient (Wildman–Crippen LogP) is 3.14. The first-order chi connectivity index (χ1) is 11.1. The van der Waals surface area contributed by atoms with Gasteiger partial charge in [-0.15, -0.1) is 0 Å². The molecule has 11 heteroatoms. The number of amides is 1. The number of benzene rings is 1. The highest BCUT2D eigenvalue weighted by Gasteiger charge is 2.36. The lowest BCUT2D eigenvalue weighted by molar-refractivity contribution is -0.141. The highest BCUT2D eigenvalue weighted by Crippen LogP contribution is 2.32. The molecule has 0 aliphatic carbocycles. The Hall–Kier alpha value is -2.56. The quantitative estimate of drug-likeness (QED) is 0.566. The lowest BCUT2D eigenvalue weighted by atomic mass is 10.2. The molecule has 2 aromatic rings. The maximum Gasteiger partial charge on any atom is 0.433 e. The van der Waals surface area contributed by atoms with Gasteiger partial charge in [0, 0.05) is 11.1 Å². The summed E-state index contributed by atoms with van der Waals surface area (Å²) < 4.78 is 63.8. The van der Waals surface area contributed by atoms with E-state index < -0.39 is 29.4 Å². The van der Waals surface area contributed by atoms with Gasteiger partial charge in [-0.2, -0.15) is 18.3 Å². The molecule has 0 saturated carbocycles. The summed E-state index contributed by atoms with van der Waals surface area (Å²) in [6.45, 7) is 1.16. The topological polar surface area (TPSA) is 69.8 Å². The number of aromatic amines is 1. The average Bonchev–Trinajstić information content (AvgIpc) is 2.82. The molecule has 0 aliphatic rings. The van der Waals surface area contributed by atoms with Gasteiger partial charge >= 0.3 is 6.18 Å². The minimum Gasteiger partial charge on any atom is -0.315 e. The fraction of sp³-hybridized carbons (Fsp3) is 0.154. The molecule has 1 aromatic carbocycles. The molecule has 24 heavy (non-hydrogen) atoms. The summed E-state index contributed by atoms with van der Waals surface area (Å²) in [6, 6.07) is 2.45. The minimum atomic E-state index is -4.62. The number of carbonyl (C=O) groups is 1. The van der Waals surface area contributed by atoms with Crippen LogP contribution in [0.5, 0.6) is 0 Å². The fourth-order valence-corrected chi connectivity index (χ4v) is 1.94. The number of aromatic nitrogens is 2. The second-order valence-corrected chi connectivity index (χ2v) is 5.02. The van der Waals surface area contributed by atoms with Crippen LogP contribution in [0.3, 0.4) is 0 Å². The molecule has 0 spiro atoms. The van der Waals surface area contributed by atoms with Gasteiger partial charge in [-0.1, -0.05) is 0 Å². The number of thiocarbonyl (C=S) groups is 1. The van der Waals surface area contributed by atoms with E-state index >= 15 is 0 Å². The Bertz CT molecular complexity index is 802. The first kappa shape index (κ1) is 17.8. The number of halogens is 5. The number of nitrogens with one attached hydrogen (secondary N) is 3. The van der Waals surface area contributed by atoms with E-state index in [-0.39, 0.29) is 22.1 Å². The Kier molecular flexibility index (Phi) is 4.83. The van der Waals surface area contributed by atoms with Gasteiger partial charge in [0.2, 0.25) is 0 Å². The molecule has 5 nitrogen and oxygen atoms in total. The van der Waals surface area contributed by atoms with E-state index in [1.807, 2.05) is 5.10 Å². The van der Waals surface area contributed by atoms with Crippen molar-refractivity contribution >= 4 is 29.1 Å². The number of rotatable bonds is 2. The molecule has 0 saturated heterocycles. The van der Waals surface area contributed by atoms with Crippen molar-refractivity contribution in [3.05, 3.63) is 46.7 Å². The molecular weight excluding hydrogens is 355 g/mol. The van der Waals surface area contributed by atoms with Crippen LogP contribution in [0.25, 0.3) is 0 Å². The molecular formula is C13H9F5N4OS. The number of nitrogens with zero attached hydrogens (tertiary/aromatic N) is 1. The van der Waals surface area contributed by atoms with E-state index in [9.17, 15) is 26.7 Å². The van der Waals surface area contributed by atoms with Crippen molar-refractivity contribution < 1.29 is 26.7 Å². The van der Waals surface area contributed by atoms with Crippen molar-refractivity contribution in [2.24, 2.45) is 0 Å². The third-order valence-electron chi connectivity index (χ3n) is 2.93. The van der Waals surface area contributed by atoms with Gasteiger partial charge in [0.1, 0.15) is 5.69 Å². The number of carbonyl (C=O) groups excluding carboxylic acids is 1. The molecule has 0 aliphatic heterocycles. The molecule has 0 radical (unpaired) electrons. The zero-order valence-electron chi connectivity index (χ0n) is 11.9. The van der Waals surface area contributed by atoms with E-state index in [4.69, 9.17) is 12.2 Å². The predicted molar refractivity (Wildman–Crippen MR) is 78.4 cm³/mol. The van der Waals surface area contributed by atoms with Crippen LogP contribution in [0.15, 0.2) is 18.2 Å². The van der Waals surface area contributed by atoms with Crippen LogP contribution in [0, 0.1) is 18.6 Å². The summed E-state index contributed by atoms with van der Waals surface area (Å²) in [5, 5.41) is 9.33. The highest BCUT2D eigenvalue weighted by atomic mass is 32.1. The van der Waals surface area contributed by atoms with E-state index in [1.165, 1.54) is 0 Å². The number of hydrogen-bond acceptors (Lipinski definition) is 3. The summed E-state index contributed by atoms with van der Waals surface area (Å²) in [7, 11) is 0. The van der Waals surface area contributed by atoms with E-state index in [0.717, 1.165) is 19.1 Å². The molecule has 1 heterocycles. The molecule has 2 rings (SSSR count). The average molecular weight is 364 g/mol. The summed E-state index contributed by atoms with van der Waals surface area (Å²) in [5.41, 5.74) is -1.51. The van der Waals surface area contributed by atoms with E-state index in [0.29, 0.717) is 6.07 Å². The largest absolute Gasteiger partial charge is 0.433 e. The standard InChI is InChI=1S/C13H9F5N4OS/c1-5-9(13(16,17)18)21-22-10(5)19-12(24)20-11(23)6-2-3-7(14)8(15)4-6/h2-4H,1H3,(H3,19,20,21,22,23,24). The van der Waals surface area contributed by atoms with E-state index in [2.05, 4.69) is 15.7 Å². The first-order valence-corrected chi connectivity index (χ1v) is 6.70. The van der Waals surface area contributed by atoms with Crippen molar-refractivity contribution in [2.75, 3.05) is 5.32 Å². The lowest BCUT2D eigenvalue weighted by Gasteiger charge is -2.09. The molecule has 0 unspecified atom stereocenters. The smallest absolute Gasteiger partial charge is 0.315 e. The zero-order valence-corrected chi connectivity index (χ0v) is 12.7. The van der Waals surface area contributed by atoms with E-state index in [1.54, 1.807) is 0 Å². The molecule has 0 bridgehead atoms. The van der Waals surface area contributed by atoms with Gasteiger partial charge in [-0.25, -0.2) is 8.78 Å². The lowest BCUT2D eigenvalue weighted by Crippen LogP contribution is -2.34. The SMILES string of the molecule is Cc1c(NC(=S)NC(=O)c2ccc(F)c(F)c2)n[nH]c1C(F)(F)F. The Balaban J connectivity index is 2.07. The monoisotopic (exact) mass is 364 g/mol. The third-order valence-corrected chi connectivity index (χ3v) is 3.14. The van der Waals surface area contributed by atoms with Gasteiger partial charge < -0.3 is 5.32 Å². The summed E-state index contributed by atoms with van der Waals surface area (Å²) in [4.78, 5) is 11.8. The summed E-state index contributed by atoms with van der Waals surface area (Å²) in [6.07, 6.45) is -4.62. The van der Waals surface area contributed by atoms with Gasteiger partial charge in [-0.05, 0) is 37.3 Å². The van der Waals surface area contributed by atoms with Crippen LogP contribution in [-0.2, 0) is 6.18 Å². The second kappa shape index (κ2) is 6.51. The molecule has 3 N–H and O–H groups in total. The van der Waals surface area contributed by atoms with Gasteiger partial charge in [0.15, 0.2) is 22.6 Å². The second-order valence-electron chi connectivity index (χ2n) is 4.61. The highest BCUT2D eigenvalue weighted by molar-refractivity contribution is 7.80. The van der Waals surface area contributed by atoms with Crippen molar-refractivity contribution in [1.29, 1.82) is 0 Å². The molecule has 128 valence electrons. The number of hydrogen-bond donors (Lipinski definition) is 3. The van der Waals surface area contributed by atoms with Crippen LogP contribution >= 0.6 is 12.2 Å².